The Kier molecular flexibility index (Phi) is 5.58. The van der Waals surface area contributed by atoms with Gasteiger partial charge in [-0.3, -0.25) is 14.5 Å². The molecule has 26 heavy (non-hydrogen) atoms. The van der Waals surface area contributed by atoms with E-state index in [9.17, 15) is 14.0 Å². The van der Waals surface area contributed by atoms with Crippen LogP contribution >= 0.6 is 23.4 Å². The Balaban J connectivity index is 1.80. The number of amides is 2. The van der Waals surface area contributed by atoms with Crippen LogP contribution in [0.1, 0.15) is 6.42 Å². The molecule has 2 aromatic carbocycles. The minimum absolute atomic E-state index is 0.0413. The Labute approximate surface area is 159 Å². The smallest absolute Gasteiger partial charge is 0.238 e. The molecule has 1 heterocycles. The third kappa shape index (κ3) is 4.23. The third-order valence-electron chi connectivity index (χ3n) is 3.73. The van der Waals surface area contributed by atoms with E-state index in [2.05, 4.69) is 10.3 Å². The number of nitrogens with one attached hydrogen (secondary N) is 1. The molecule has 8 heteroatoms. The zero-order valence-corrected chi connectivity index (χ0v) is 15.4. The second-order valence-corrected chi connectivity index (χ2v) is 7.18. The maximum absolute atomic E-state index is 13.3. The Morgan fingerprint density at radius 1 is 1.31 bits per heavy atom. The lowest BCUT2D eigenvalue weighted by Gasteiger charge is -2.28. The molecular weight excluding hydrogens is 377 g/mol. The Morgan fingerprint density at radius 2 is 2.08 bits per heavy atom. The molecule has 0 bridgehead atoms. The van der Waals surface area contributed by atoms with Crippen molar-refractivity contribution < 1.29 is 14.0 Å². The summed E-state index contributed by atoms with van der Waals surface area (Å²) in [6, 6.07) is 12.6. The molecule has 0 aromatic heterocycles. The molecule has 0 radical (unpaired) electrons. The molecule has 1 fully saturated rings. The second-order valence-electron chi connectivity index (χ2n) is 5.61. The SMILES string of the molecule is CN1C(=O)CC(C(=O)Nc2ccccc2Cl)SC1=Nc1cccc(F)c1. The van der Waals surface area contributed by atoms with Crippen LogP contribution in [-0.4, -0.2) is 34.2 Å². The van der Waals surface area contributed by atoms with E-state index in [4.69, 9.17) is 11.6 Å². The highest BCUT2D eigenvalue weighted by atomic mass is 35.5. The van der Waals surface area contributed by atoms with Gasteiger partial charge in [-0.2, -0.15) is 0 Å². The number of thioether (sulfide) groups is 1. The summed E-state index contributed by atoms with van der Waals surface area (Å²) in [5, 5.41) is 2.84. The lowest BCUT2D eigenvalue weighted by atomic mass is 10.2. The number of hydrogen-bond donors (Lipinski definition) is 1. The lowest BCUT2D eigenvalue weighted by Crippen LogP contribution is -2.43. The number of rotatable bonds is 3. The predicted octanol–water partition coefficient (Wildman–Crippen LogP) is 4.07. The van der Waals surface area contributed by atoms with Gasteiger partial charge in [-0.1, -0.05) is 41.6 Å². The van der Waals surface area contributed by atoms with Crippen LogP contribution in [0.25, 0.3) is 0 Å². The van der Waals surface area contributed by atoms with Crippen LogP contribution in [0.3, 0.4) is 0 Å². The third-order valence-corrected chi connectivity index (χ3v) is 5.30. The van der Waals surface area contributed by atoms with Crippen LogP contribution in [-0.2, 0) is 9.59 Å². The van der Waals surface area contributed by atoms with Crippen molar-refractivity contribution in [2.75, 3.05) is 12.4 Å². The van der Waals surface area contributed by atoms with E-state index in [1.807, 2.05) is 0 Å². The van der Waals surface area contributed by atoms with Crippen LogP contribution in [0.2, 0.25) is 5.02 Å². The van der Waals surface area contributed by atoms with Crippen LogP contribution < -0.4 is 5.32 Å². The predicted molar refractivity (Wildman–Crippen MR) is 102 cm³/mol. The number of aliphatic imine (C=N–C) groups is 1. The first-order valence-electron chi connectivity index (χ1n) is 7.77. The number of nitrogens with zero attached hydrogens (tertiary/aromatic N) is 2. The van der Waals surface area contributed by atoms with E-state index in [-0.39, 0.29) is 18.2 Å². The lowest BCUT2D eigenvalue weighted by molar-refractivity contribution is -0.128. The van der Waals surface area contributed by atoms with Gasteiger partial charge in [0.2, 0.25) is 11.8 Å². The molecule has 1 unspecified atom stereocenters. The van der Waals surface area contributed by atoms with Gasteiger partial charge in [-0.25, -0.2) is 9.38 Å². The Morgan fingerprint density at radius 3 is 2.81 bits per heavy atom. The van der Waals surface area contributed by atoms with Gasteiger partial charge < -0.3 is 5.32 Å². The summed E-state index contributed by atoms with van der Waals surface area (Å²) in [6.07, 6.45) is 0.0413. The van der Waals surface area contributed by atoms with Crippen molar-refractivity contribution in [3.8, 4) is 0 Å². The zero-order chi connectivity index (χ0) is 18.7. The maximum atomic E-state index is 13.3. The number of benzene rings is 2. The van der Waals surface area contributed by atoms with Crippen molar-refractivity contribution in [3.63, 3.8) is 0 Å². The summed E-state index contributed by atoms with van der Waals surface area (Å²) in [6.45, 7) is 0. The standard InChI is InChI=1S/C18H15ClFN3O2S/c1-23-16(24)10-15(17(25)22-14-8-3-2-7-13(14)19)26-18(23)21-12-6-4-5-11(20)9-12/h2-9,15H,10H2,1H3,(H,22,25). The summed E-state index contributed by atoms with van der Waals surface area (Å²) >= 11 is 7.21. The molecule has 1 aliphatic heterocycles. The highest BCUT2D eigenvalue weighted by molar-refractivity contribution is 8.15. The minimum Gasteiger partial charge on any atom is -0.324 e. The number of amidine groups is 1. The fourth-order valence-corrected chi connectivity index (χ4v) is 3.58. The Hall–Kier alpha value is -2.38. The topological polar surface area (TPSA) is 61.8 Å². The summed E-state index contributed by atoms with van der Waals surface area (Å²) in [7, 11) is 1.58. The first-order valence-corrected chi connectivity index (χ1v) is 9.02. The summed E-state index contributed by atoms with van der Waals surface area (Å²) in [5.41, 5.74) is 0.856. The van der Waals surface area contributed by atoms with Crippen molar-refractivity contribution in [2.45, 2.75) is 11.7 Å². The molecule has 0 spiro atoms. The molecule has 1 aliphatic rings. The number of para-hydroxylation sites is 1. The highest BCUT2D eigenvalue weighted by Crippen LogP contribution is 2.30. The van der Waals surface area contributed by atoms with Crippen molar-refractivity contribution in [1.29, 1.82) is 0 Å². The monoisotopic (exact) mass is 391 g/mol. The Bertz CT molecular complexity index is 890. The van der Waals surface area contributed by atoms with Crippen LogP contribution in [0.15, 0.2) is 53.5 Å². The van der Waals surface area contributed by atoms with Gasteiger partial charge in [0.25, 0.3) is 0 Å². The van der Waals surface area contributed by atoms with Gasteiger partial charge in [0.1, 0.15) is 11.1 Å². The van der Waals surface area contributed by atoms with Crippen molar-refractivity contribution in [1.82, 2.24) is 4.90 Å². The van der Waals surface area contributed by atoms with E-state index in [1.54, 1.807) is 37.4 Å². The number of halogens is 2. The zero-order valence-electron chi connectivity index (χ0n) is 13.8. The number of anilines is 1. The molecule has 1 saturated heterocycles. The first kappa shape index (κ1) is 18.4. The maximum Gasteiger partial charge on any atom is 0.238 e. The molecule has 1 atom stereocenters. The summed E-state index contributed by atoms with van der Waals surface area (Å²) in [5.74, 6) is -0.996. The van der Waals surface area contributed by atoms with Gasteiger partial charge in [0, 0.05) is 13.5 Å². The van der Waals surface area contributed by atoms with Gasteiger partial charge in [0.05, 0.1) is 16.4 Å². The first-order chi connectivity index (χ1) is 12.4. The van der Waals surface area contributed by atoms with Crippen molar-refractivity contribution >= 4 is 51.7 Å². The normalized spacial score (nSPS) is 18.9. The summed E-state index contributed by atoms with van der Waals surface area (Å²) in [4.78, 5) is 30.5. The van der Waals surface area contributed by atoms with Gasteiger partial charge in [0.15, 0.2) is 5.17 Å². The molecule has 5 nitrogen and oxygen atoms in total. The van der Waals surface area contributed by atoms with Crippen molar-refractivity contribution in [3.05, 3.63) is 59.4 Å². The van der Waals surface area contributed by atoms with Gasteiger partial charge in [-0.05, 0) is 30.3 Å². The molecule has 0 aliphatic carbocycles. The molecule has 134 valence electrons. The van der Waals surface area contributed by atoms with Crippen LogP contribution in [0.4, 0.5) is 15.8 Å². The second kappa shape index (κ2) is 7.88. The van der Waals surface area contributed by atoms with E-state index in [0.29, 0.717) is 21.6 Å². The quantitative estimate of drug-likeness (QED) is 0.857. The van der Waals surface area contributed by atoms with Crippen LogP contribution in [0.5, 0.6) is 0 Å². The molecule has 1 N–H and O–H groups in total. The molecule has 3 rings (SSSR count). The molecule has 2 aromatic rings. The van der Waals surface area contributed by atoms with E-state index in [1.165, 1.54) is 23.1 Å². The van der Waals surface area contributed by atoms with Crippen molar-refractivity contribution in [2.24, 2.45) is 4.99 Å². The molecular formula is C18H15ClFN3O2S. The van der Waals surface area contributed by atoms with E-state index < -0.39 is 11.1 Å². The van der Waals surface area contributed by atoms with Gasteiger partial charge in [-0.15, -0.1) is 0 Å². The minimum atomic E-state index is -0.651. The number of carbonyl (C=O) groups excluding carboxylic acids is 2. The molecule has 0 saturated carbocycles. The average molecular weight is 392 g/mol. The van der Waals surface area contributed by atoms with Crippen LogP contribution in [0, 0.1) is 5.82 Å². The van der Waals surface area contributed by atoms with E-state index >= 15 is 0 Å². The van der Waals surface area contributed by atoms with E-state index in [0.717, 1.165) is 11.8 Å². The number of hydrogen-bond acceptors (Lipinski definition) is 4. The summed E-state index contributed by atoms with van der Waals surface area (Å²) < 4.78 is 13.3. The average Bonchev–Trinajstić information content (AvgIpc) is 2.60. The van der Waals surface area contributed by atoms with Gasteiger partial charge >= 0.3 is 0 Å². The molecule has 2 amide bonds. The fourth-order valence-electron chi connectivity index (χ4n) is 2.33. The fraction of sp³-hybridized carbons (Fsp3) is 0.167. The number of carbonyl (C=O) groups is 2. The highest BCUT2D eigenvalue weighted by Gasteiger charge is 2.34. The largest absolute Gasteiger partial charge is 0.324 e.